The van der Waals surface area contributed by atoms with E-state index in [0.717, 1.165) is 5.69 Å². The molecule has 0 fully saturated rings. The maximum absolute atomic E-state index is 11.5. The van der Waals surface area contributed by atoms with Crippen molar-refractivity contribution in [3.8, 4) is 0 Å². The van der Waals surface area contributed by atoms with Crippen LogP contribution in [0.5, 0.6) is 0 Å². The van der Waals surface area contributed by atoms with Crippen molar-refractivity contribution in [1.82, 2.24) is 10.2 Å². The first kappa shape index (κ1) is 13.4. The molecule has 0 aliphatic rings. The van der Waals surface area contributed by atoms with Gasteiger partial charge in [-0.15, -0.1) is 0 Å². The minimum Gasteiger partial charge on any atom is -0.479 e. The van der Waals surface area contributed by atoms with E-state index in [1.54, 1.807) is 38.1 Å². The molecule has 6 heteroatoms. The number of aromatic nitrogens is 2. The van der Waals surface area contributed by atoms with Crippen molar-refractivity contribution in [3.63, 3.8) is 0 Å². The summed E-state index contributed by atoms with van der Waals surface area (Å²) in [5, 5.41) is 19.6. The summed E-state index contributed by atoms with van der Waals surface area (Å²) in [6.45, 7) is 3.56. The number of benzene rings is 1. The highest BCUT2D eigenvalue weighted by atomic mass is 35.5. The van der Waals surface area contributed by atoms with Crippen LogP contribution in [-0.4, -0.2) is 21.3 Å². The Morgan fingerprint density at radius 3 is 2.63 bits per heavy atom. The molecule has 19 heavy (non-hydrogen) atoms. The van der Waals surface area contributed by atoms with E-state index in [0.29, 0.717) is 22.0 Å². The molecule has 0 spiro atoms. The topological polar surface area (TPSA) is 78.0 Å². The fourth-order valence-electron chi connectivity index (χ4n) is 1.98. The van der Waals surface area contributed by atoms with E-state index in [-0.39, 0.29) is 0 Å². The molecule has 2 rings (SSSR count). The number of nitrogens with one attached hydrogen (secondary N) is 2. The van der Waals surface area contributed by atoms with Gasteiger partial charge in [0.25, 0.3) is 0 Å². The first-order chi connectivity index (χ1) is 9.00. The van der Waals surface area contributed by atoms with Crippen LogP contribution < -0.4 is 5.32 Å². The molecule has 1 aromatic carbocycles. The van der Waals surface area contributed by atoms with Crippen LogP contribution in [0.4, 0.5) is 5.69 Å². The van der Waals surface area contributed by atoms with Crippen molar-refractivity contribution in [1.29, 1.82) is 0 Å². The number of carbonyl (C=O) groups is 1. The average molecular weight is 280 g/mol. The summed E-state index contributed by atoms with van der Waals surface area (Å²) in [4.78, 5) is 11.5. The quantitative estimate of drug-likeness (QED) is 0.804. The first-order valence-electron chi connectivity index (χ1n) is 5.76. The van der Waals surface area contributed by atoms with Gasteiger partial charge in [-0.3, -0.25) is 5.10 Å². The van der Waals surface area contributed by atoms with Crippen LogP contribution in [-0.2, 0) is 4.79 Å². The van der Waals surface area contributed by atoms with Gasteiger partial charge in [-0.25, -0.2) is 4.79 Å². The van der Waals surface area contributed by atoms with E-state index >= 15 is 0 Å². The highest BCUT2D eigenvalue weighted by molar-refractivity contribution is 6.33. The van der Waals surface area contributed by atoms with Gasteiger partial charge < -0.3 is 10.4 Å². The predicted molar refractivity (Wildman–Crippen MR) is 73.5 cm³/mol. The predicted octanol–water partition coefficient (Wildman–Crippen LogP) is 2.92. The number of hydrogen-bond donors (Lipinski definition) is 3. The number of carboxylic acids is 1. The van der Waals surface area contributed by atoms with Crippen molar-refractivity contribution < 1.29 is 9.90 Å². The molecule has 0 aliphatic heterocycles. The third-order valence-electron chi connectivity index (χ3n) is 2.89. The summed E-state index contributed by atoms with van der Waals surface area (Å²) in [5.41, 5.74) is 2.60. The molecule has 0 radical (unpaired) electrons. The Kier molecular flexibility index (Phi) is 3.76. The summed E-state index contributed by atoms with van der Waals surface area (Å²) < 4.78 is 0. The Hall–Kier alpha value is -2.01. The maximum atomic E-state index is 11.5. The molecule has 0 bridgehead atoms. The Labute approximate surface area is 115 Å². The van der Waals surface area contributed by atoms with Gasteiger partial charge in [0.1, 0.15) is 0 Å². The van der Waals surface area contributed by atoms with E-state index in [1.807, 2.05) is 0 Å². The normalized spacial score (nSPS) is 12.2. The van der Waals surface area contributed by atoms with Gasteiger partial charge in [0.15, 0.2) is 6.04 Å². The Balaban J connectivity index is 2.38. The van der Waals surface area contributed by atoms with Gasteiger partial charge in [0.05, 0.1) is 16.4 Å². The molecule has 1 aromatic heterocycles. The fraction of sp³-hybridized carbons (Fsp3) is 0.231. The number of hydrogen-bond acceptors (Lipinski definition) is 3. The largest absolute Gasteiger partial charge is 0.479 e. The van der Waals surface area contributed by atoms with Crippen LogP contribution >= 0.6 is 11.6 Å². The van der Waals surface area contributed by atoms with Crippen LogP contribution in [0, 0.1) is 13.8 Å². The van der Waals surface area contributed by atoms with Gasteiger partial charge in [-0.2, -0.15) is 5.10 Å². The van der Waals surface area contributed by atoms with E-state index in [4.69, 9.17) is 11.6 Å². The summed E-state index contributed by atoms with van der Waals surface area (Å²) >= 11 is 6.04. The van der Waals surface area contributed by atoms with Gasteiger partial charge in [-0.05, 0) is 26.0 Å². The molecular weight excluding hydrogens is 266 g/mol. The first-order valence-corrected chi connectivity index (χ1v) is 6.14. The average Bonchev–Trinajstić information content (AvgIpc) is 2.68. The standard InChI is InChI=1S/C13H14ClN3O2/c1-7-11(8(2)17-16-7)12(13(18)19)15-10-6-4-3-5-9(10)14/h3-6,12,15H,1-2H3,(H,16,17)(H,18,19). The molecule has 100 valence electrons. The van der Waals surface area contributed by atoms with Crippen LogP contribution in [0.2, 0.25) is 5.02 Å². The lowest BCUT2D eigenvalue weighted by molar-refractivity contribution is -0.138. The number of para-hydroxylation sites is 1. The number of anilines is 1. The molecule has 1 atom stereocenters. The minimum absolute atomic E-state index is 0.479. The number of nitrogens with zero attached hydrogens (tertiary/aromatic N) is 1. The van der Waals surface area contributed by atoms with E-state index in [2.05, 4.69) is 15.5 Å². The zero-order valence-corrected chi connectivity index (χ0v) is 11.3. The molecule has 2 aromatic rings. The van der Waals surface area contributed by atoms with E-state index in [1.165, 1.54) is 0 Å². The maximum Gasteiger partial charge on any atom is 0.330 e. The molecule has 0 aliphatic carbocycles. The fourth-order valence-corrected chi connectivity index (χ4v) is 2.17. The van der Waals surface area contributed by atoms with Gasteiger partial charge in [0, 0.05) is 11.3 Å². The number of aliphatic carboxylic acids is 1. The molecule has 0 amide bonds. The van der Waals surface area contributed by atoms with Crippen molar-refractivity contribution in [2.45, 2.75) is 19.9 Å². The number of H-pyrrole nitrogens is 1. The molecule has 5 nitrogen and oxygen atoms in total. The van der Waals surface area contributed by atoms with Crippen molar-refractivity contribution in [2.24, 2.45) is 0 Å². The molecule has 1 heterocycles. The van der Waals surface area contributed by atoms with Crippen molar-refractivity contribution in [2.75, 3.05) is 5.32 Å². The van der Waals surface area contributed by atoms with Crippen LogP contribution in [0.1, 0.15) is 23.0 Å². The van der Waals surface area contributed by atoms with E-state index < -0.39 is 12.0 Å². The lowest BCUT2D eigenvalue weighted by atomic mass is 10.0. The van der Waals surface area contributed by atoms with Gasteiger partial charge in [-0.1, -0.05) is 23.7 Å². The van der Waals surface area contributed by atoms with Crippen LogP contribution in [0.3, 0.4) is 0 Å². The Morgan fingerprint density at radius 1 is 1.42 bits per heavy atom. The molecule has 3 N–H and O–H groups in total. The van der Waals surface area contributed by atoms with Crippen LogP contribution in [0.25, 0.3) is 0 Å². The zero-order chi connectivity index (χ0) is 14.0. The Morgan fingerprint density at radius 2 is 2.11 bits per heavy atom. The Bertz CT molecular complexity index is 590. The van der Waals surface area contributed by atoms with Crippen molar-refractivity contribution in [3.05, 3.63) is 46.2 Å². The number of aryl methyl sites for hydroxylation is 2. The molecule has 0 saturated heterocycles. The lowest BCUT2D eigenvalue weighted by Gasteiger charge is -2.17. The highest BCUT2D eigenvalue weighted by Gasteiger charge is 2.25. The van der Waals surface area contributed by atoms with Crippen molar-refractivity contribution >= 4 is 23.3 Å². The summed E-state index contributed by atoms with van der Waals surface area (Å²) in [5.74, 6) is -0.979. The SMILES string of the molecule is Cc1n[nH]c(C)c1C(Nc1ccccc1Cl)C(=O)O. The third-order valence-corrected chi connectivity index (χ3v) is 3.22. The van der Waals surface area contributed by atoms with Crippen LogP contribution in [0.15, 0.2) is 24.3 Å². The minimum atomic E-state index is -0.979. The second-order valence-corrected chi connectivity index (χ2v) is 4.65. The number of rotatable bonds is 4. The monoisotopic (exact) mass is 279 g/mol. The summed E-state index contributed by atoms with van der Waals surface area (Å²) in [6, 6.07) is 6.14. The molecule has 0 saturated carbocycles. The van der Waals surface area contributed by atoms with Gasteiger partial charge in [0.2, 0.25) is 0 Å². The summed E-state index contributed by atoms with van der Waals surface area (Å²) in [7, 11) is 0. The van der Waals surface area contributed by atoms with E-state index in [9.17, 15) is 9.90 Å². The highest BCUT2D eigenvalue weighted by Crippen LogP contribution is 2.28. The second kappa shape index (κ2) is 5.32. The molecule has 1 unspecified atom stereocenters. The number of halogens is 1. The molecular formula is C13H14ClN3O2. The van der Waals surface area contributed by atoms with Gasteiger partial charge >= 0.3 is 5.97 Å². The lowest BCUT2D eigenvalue weighted by Crippen LogP contribution is -2.21. The number of aromatic amines is 1. The zero-order valence-electron chi connectivity index (χ0n) is 10.6. The number of carboxylic acid groups (broad SMARTS) is 1. The smallest absolute Gasteiger partial charge is 0.330 e. The third kappa shape index (κ3) is 2.71. The summed E-state index contributed by atoms with van der Waals surface area (Å²) in [6.07, 6.45) is 0. The second-order valence-electron chi connectivity index (χ2n) is 4.24.